The minimum Gasteiger partial charge on any atom is -0.497 e. The molecular weight excluding hydrogens is 340 g/mol. The summed E-state index contributed by atoms with van der Waals surface area (Å²) in [4.78, 5) is 0. The Morgan fingerprint density at radius 3 is 2.57 bits per heavy atom. The lowest BCUT2D eigenvalue weighted by atomic mass is 10.2. The van der Waals surface area contributed by atoms with Crippen LogP contribution in [-0.2, 0) is 17.4 Å². The first-order chi connectivity index (χ1) is 10.7. The molecule has 23 heavy (non-hydrogen) atoms. The van der Waals surface area contributed by atoms with Crippen LogP contribution in [0.2, 0.25) is 0 Å². The fraction of sp³-hybridized carbons (Fsp3) is 0.143. The van der Waals surface area contributed by atoms with Crippen molar-refractivity contribution in [3.05, 3.63) is 48.0 Å². The van der Waals surface area contributed by atoms with Crippen molar-refractivity contribution >= 4 is 34.3 Å². The second-order valence-corrected chi connectivity index (χ2v) is 5.44. The summed E-state index contributed by atoms with van der Waals surface area (Å²) in [5.41, 5.74) is 3.33. The van der Waals surface area contributed by atoms with Gasteiger partial charge in [0.15, 0.2) is 0 Å². The maximum atomic E-state index is 10.5. The van der Waals surface area contributed by atoms with Gasteiger partial charge >= 0.3 is 0 Å². The molecule has 0 unspecified atom stereocenters. The second-order valence-electron chi connectivity index (χ2n) is 4.61. The van der Waals surface area contributed by atoms with Crippen LogP contribution < -0.4 is 9.46 Å². The van der Waals surface area contributed by atoms with Crippen LogP contribution in [0.25, 0.3) is 16.7 Å². The molecule has 0 atom stereocenters. The summed E-state index contributed by atoms with van der Waals surface area (Å²) in [5, 5.41) is 8.27. The number of methoxy groups -OCH3 is 1. The molecule has 0 amide bonds. The van der Waals surface area contributed by atoms with Gasteiger partial charge in [0, 0.05) is 12.6 Å². The van der Waals surface area contributed by atoms with Crippen LogP contribution in [-0.4, -0.2) is 30.5 Å². The predicted molar refractivity (Wildman–Crippen MR) is 89.8 cm³/mol. The molecule has 1 aromatic heterocycles. The van der Waals surface area contributed by atoms with E-state index in [-0.39, 0.29) is 19.0 Å². The van der Waals surface area contributed by atoms with Gasteiger partial charge in [0.05, 0.1) is 18.3 Å². The van der Waals surface area contributed by atoms with Gasteiger partial charge in [-0.05, 0) is 29.8 Å². The first kappa shape index (κ1) is 17.2. The average Bonchev–Trinajstić information content (AvgIpc) is 2.96. The quantitative estimate of drug-likeness (QED) is 0.677. The standard InChI is InChI=1S/C14H14N4O3S.ClH/c1-21-12-6-7-14-13(8-12)16-17-18(14)11-4-2-10(3-5-11)9-15-22(19)20;/h2-8,22H,9H2,1H3,(H,15,19,20);1H. The van der Waals surface area contributed by atoms with E-state index in [4.69, 9.17) is 4.74 Å². The molecule has 0 fully saturated rings. The molecule has 0 spiro atoms. The number of fused-ring (bicyclic) bond motifs is 1. The molecule has 0 saturated carbocycles. The molecule has 0 aliphatic carbocycles. The second kappa shape index (κ2) is 7.40. The van der Waals surface area contributed by atoms with Crippen molar-refractivity contribution in [1.82, 2.24) is 19.7 Å². The summed E-state index contributed by atoms with van der Waals surface area (Å²) in [6.07, 6.45) is 0. The third-order valence-corrected chi connectivity index (χ3v) is 3.66. The van der Waals surface area contributed by atoms with Gasteiger partial charge in [0.1, 0.15) is 11.3 Å². The van der Waals surface area contributed by atoms with Crippen LogP contribution in [0.5, 0.6) is 5.75 Å². The number of nitrogens with zero attached hydrogens (tertiary/aromatic N) is 3. The van der Waals surface area contributed by atoms with Gasteiger partial charge < -0.3 is 4.74 Å². The number of aromatic nitrogens is 3. The summed E-state index contributed by atoms with van der Waals surface area (Å²) in [7, 11) is -0.981. The average molecular weight is 355 g/mol. The van der Waals surface area contributed by atoms with E-state index < -0.39 is 10.9 Å². The van der Waals surface area contributed by atoms with Crippen molar-refractivity contribution in [2.24, 2.45) is 0 Å². The van der Waals surface area contributed by atoms with Crippen molar-refractivity contribution < 1.29 is 13.2 Å². The molecule has 0 bridgehead atoms. The Morgan fingerprint density at radius 1 is 1.17 bits per heavy atom. The number of nitrogens with one attached hydrogen (secondary N) is 1. The molecule has 1 heterocycles. The lowest BCUT2D eigenvalue weighted by Crippen LogP contribution is -2.10. The first-order valence-electron chi connectivity index (χ1n) is 6.54. The van der Waals surface area contributed by atoms with Crippen LogP contribution in [0, 0.1) is 0 Å². The summed E-state index contributed by atoms with van der Waals surface area (Å²) < 4.78 is 30.3. The van der Waals surface area contributed by atoms with Crippen LogP contribution in [0.4, 0.5) is 0 Å². The smallest absolute Gasteiger partial charge is 0.201 e. The third-order valence-electron chi connectivity index (χ3n) is 3.25. The number of halogens is 1. The van der Waals surface area contributed by atoms with Gasteiger partial charge in [-0.15, -0.1) is 17.5 Å². The van der Waals surface area contributed by atoms with Crippen LogP contribution in [0.15, 0.2) is 42.5 Å². The van der Waals surface area contributed by atoms with Gasteiger partial charge in [-0.25, -0.2) is 17.8 Å². The van der Waals surface area contributed by atoms with Crippen LogP contribution in [0.1, 0.15) is 5.56 Å². The van der Waals surface area contributed by atoms with Crippen molar-refractivity contribution in [2.45, 2.75) is 6.54 Å². The zero-order valence-corrected chi connectivity index (χ0v) is 13.9. The van der Waals surface area contributed by atoms with E-state index in [1.54, 1.807) is 11.8 Å². The Balaban J connectivity index is 0.00000192. The normalized spacial score (nSPS) is 10.7. The number of benzene rings is 2. The lowest BCUT2D eigenvalue weighted by molar-refractivity contribution is 0.415. The molecule has 2 aromatic carbocycles. The van der Waals surface area contributed by atoms with Gasteiger partial charge in [0.2, 0.25) is 10.9 Å². The number of rotatable bonds is 5. The Morgan fingerprint density at radius 2 is 1.91 bits per heavy atom. The first-order valence-corrected chi connectivity index (χ1v) is 7.72. The zero-order valence-electron chi connectivity index (χ0n) is 12.2. The molecule has 1 N–H and O–H groups in total. The van der Waals surface area contributed by atoms with Crippen LogP contribution in [0.3, 0.4) is 0 Å². The Kier molecular flexibility index (Phi) is 5.54. The highest BCUT2D eigenvalue weighted by Gasteiger charge is 2.07. The molecule has 122 valence electrons. The molecule has 3 rings (SSSR count). The van der Waals surface area contributed by atoms with Gasteiger partial charge in [0.25, 0.3) is 0 Å². The van der Waals surface area contributed by atoms with Crippen LogP contribution >= 0.6 is 12.4 Å². The van der Waals surface area contributed by atoms with E-state index in [1.807, 2.05) is 42.5 Å². The summed E-state index contributed by atoms with van der Waals surface area (Å²) >= 11 is 0. The summed E-state index contributed by atoms with van der Waals surface area (Å²) in [6, 6.07) is 13.0. The highest BCUT2D eigenvalue weighted by atomic mass is 35.5. The molecule has 0 aliphatic heterocycles. The monoisotopic (exact) mass is 354 g/mol. The van der Waals surface area contributed by atoms with E-state index in [2.05, 4.69) is 15.0 Å². The van der Waals surface area contributed by atoms with Gasteiger partial charge in [-0.3, -0.25) is 0 Å². The largest absolute Gasteiger partial charge is 0.497 e. The van der Waals surface area contributed by atoms with E-state index >= 15 is 0 Å². The number of hydrogen-bond acceptors (Lipinski definition) is 5. The topological polar surface area (TPSA) is 86.1 Å². The van der Waals surface area contributed by atoms with Crippen molar-refractivity contribution in [3.8, 4) is 11.4 Å². The molecular formula is C14H15ClN4O3S. The summed E-state index contributed by atoms with van der Waals surface area (Å²) in [6.45, 7) is 0.272. The Bertz CT molecular complexity index is 869. The number of thiol groups is 1. The highest BCUT2D eigenvalue weighted by Crippen LogP contribution is 2.21. The molecule has 7 nitrogen and oxygen atoms in total. The maximum Gasteiger partial charge on any atom is 0.201 e. The third kappa shape index (κ3) is 3.79. The number of hydrogen-bond donors (Lipinski definition) is 2. The number of ether oxygens (including phenoxy) is 1. The van der Waals surface area contributed by atoms with Crippen molar-refractivity contribution in [1.29, 1.82) is 0 Å². The predicted octanol–water partition coefficient (Wildman–Crippen LogP) is 1.47. The summed E-state index contributed by atoms with van der Waals surface area (Å²) in [5.74, 6) is 0.729. The van der Waals surface area contributed by atoms with Crippen molar-refractivity contribution in [2.75, 3.05) is 7.11 Å². The Labute approximate surface area is 140 Å². The molecule has 0 radical (unpaired) electrons. The van der Waals surface area contributed by atoms with E-state index in [0.717, 1.165) is 28.0 Å². The van der Waals surface area contributed by atoms with E-state index in [9.17, 15) is 8.42 Å². The Hall–Kier alpha value is -2.16. The SMILES string of the molecule is COc1ccc2c(c1)nnn2-c1ccc(CN[SH](=O)=O)cc1.Cl. The fourth-order valence-corrected chi connectivity index (χ4v) is 2.44. The molecule has 0 saturated heterocycles. The zero-order chi connectivity index (χ0) is 15.5. The lowest BCUT2D eigenvalue weighted by Gasteiger charge is -2.05. The molecule has 0 aliphatic rings. The van der Waals surface area contributed by atoms with Gasteiger partial charge in [-0.1, -0.05) is 17.3 Å². The van der Waals surface area contributed by atoms with Gasteiger partial charge in [-0.2, -0.15) is 0 Å². The maximum absolute atomic E-state index is 10.5. The highest BCUT2D eigenvalue weighted by molar-refractivity contribution is 7.70. The van der Waals surface area contributed by atoms with Crippen molar-refractivity contribution in [3.63, 3.8) is 0 Å². The van der Waals surface area contributed by atoms with E-state index in [0.29, 0.717) is 0 Å². The fourth-order valence-electron chi connectivity index (χ4n) is 2.13. The minimum absolute atomic E-state index is 0. The van der Waals surface area contributed by atoms with E-state index in [1.165, 1.54) is 0 Å². The molecule has 3 aromatic rings. The minimum atomic E-state index is -2.59. The molecule has 9 heteroatoms.